The van der Waals surface area contributed by atoms with Gasteiger partial charge >= 0.3 is 5.69 Å². The average Bonchev–Trinajstić information content (AvgIpc) is 3.48. The van der Waals surface area contributed by atoms with E-state index >= 15 is 0 Å². The number of rotatable bonds is 6. The lowest BCUT2D eigenvalue weighted by Gasteiger charge is -2.29. The van der Waals surface area contributed by atoms with Crippen LogP contribution in [0.15, 0.2) is 53.3 Å². The monoisotopic (exact) mass is 450 g/mol. The van der Waals surface area contributed by atoms with Gasteiger partial charge in [0, 0.05) is 39.5 Å². The molecule has 0 unspecified atom stereocenters. The van der Waals surface area contributed by atoms with Crippen molar-refractivity contribution in [2.45, 2.75) is 31.2 Å². The van der Waals surface area contributed by atoms with Crippen molar-refractivity contribution in [2.24, 2.45) is 14.1 Å². The molecule has 3 heterocycles. The van der Waals surface area contributed by atoms with Gasteiger partial charge in [-0.3, -0.25) is 18.8 Å². The van der Waals surface area contributed by atoms with Crippen molar-refractivity contribution in [3.05, 3.63) is 64.6 Å². The van der Waals surface area contributed by atoms with Gasteiger partial charge in [0.1, 0.15) is 11.7 Å². The molecule has 1 aromatic heterocycles. The van der Waals surface area contributed by atoms with Crippen LogP contribution >= 0.6 is 0 Å². The smallest absolute Gasteiger partial charge is 0.328 e. The fourth-order valence-corrected chi connectivity index (χ4v) is 5.13. The first-order valence-electron chi connectivity index (χ1n) is 11.4. The van der Waals surface area contributed by atoms with Crippen molar-refractivity contribution >= 4 is 22.6 Å². The summed E-state index contributed by atoms with van der Waals surface area (Å²) in [5.74, 6) is -0.0906. The van der Waals surface area contributed by atoms with E-state index in [1.165, 1.54) is 0 Å². The van der Waals surface area contributed by atoms with E-state index in [-0.39, 0.29) is 29.8 Å². The summed E-state index contributed by atoms with van der Waals surface area (Å²) in [5, 5.41) is 2.98. The van der Waals surface area contributed by atoms with Gasteiger partial charge in [-0.25, -0.2) is 4.79 Å². The van der Waals surface area contributed by atoms with Crippen LogP contribution in [0.5, 0.6) is 0 Å². The molecule has 2 atom stereocenters. The van der Waals surface area contributed by atoms with Crippen LogP contribution in [0.1, 0.15) is 18.4 Å². The van der Waals surface area contributed by atoms with Gasteiger partial charge in [0.15, 0.2) is 0 Å². The highest BCUT2D eigenvalue weighted by molar-refractivity contribution is 5.94. The molecule has 0 saturated carbocycles. The Balaban J connectivity index is 1.24. The van der Waals surface area contributed by atoms with E-state index in [2.05, 4.69) is 22.3 Å². The zero-order chi connectivity index (χ0) is 23.0. The van der Waals surface area contributed by atoms with Crippen molar-refractivity contribution < 1.29 is 14.3 Å². The average molecular weight is 451 g/mol. The highest BCUT2D eigenvalue weighted by atomic mass is 16.6. The lowest BCUT2D eigenvalue weighted by Crippen LogP contribution is -2.42. The number of hydrogen-bond acceptors (Lipinski definition) is 5. The normalized spacial score (nSPS) is 23.0. The maximum absolute atomic E-state index is 12.8. The Morgan fingerprint density at radius 2 is 1.94 bits per heavy atom. The molecule has 0 bridgehead atoms. The first-order chi connectivity index (χ1) is 15.9. The van der Waals surface area contributed by atoms with E-state index in [1.54, 1.807) is 23.2 Å². The first kappa shape index (κ1) is 21.9. The van der Waals surface area contributed by atoms with Crippen LogP contribution < -0.4 is 11.0 Å². The van der Waals surface area contributed by atoms with Gasteiger partial charge in [0.25, 0.3) is 0 Å². The van der Waals surface area contributed by atoms with Crippen LogP contribution in [0.3, 0.4) is 0 Å². The molecule has 1 N–H and O–H groups in total. The fourth-order valence-electron chi connectivity index (χ4n) is 5.13. The third kappa shape index (κ3) is 4.21. The second kappa shape index (κ2) is 8.78. The summed E-state index contributed by atoms with van der Waals surface area (Å²) >= 11 is 0. The van der Waals surface area contributed by atoms with E-state index in [0.717, 1.165) is 36.0 Å². The van der Waals surface area contributed by atoms with Crippen LogP contribution in [0.4, 0.5) is 5.69 Å². The molecule has 2 aliphatic heterocycles. The van der Waals surface area contributed by atoms with Gasteiger partial charge in [0.2, 0.25) is 5.91 Å². The van der Waals surface area contributed by atoms with Crippen molar-refractivity contribution in [3.63, 3.8) is 0 Å². The van der Waals surface area contributed by atoms with Crippen LogP contribution in [0.25, 0.3) is 11.0 Å². The van der Waals surface area contributed by atoms with Gasteiger partial charge in [-0.05, 0) is 36.6 Å². The number of ether oxygens (including phenoxy) is 2. The number of carbonyl (C=O) groups excluding carboxylic acids is 1. The molecule has 2 aliphatic rings. The van der Waals surface area contributed by atoms with Gasteiger partial charge in [-0.15, -0.1) is 0 Å². The number of anilines is 1. The van der Waals surface area contributed by atoms with Crippen LogP contribution in [0.2, 0.25) is 0 Å². The molecule has 2 saturated heterocycles. The van der Waals surface area contributed by atoms with E-state index < -0.39 is 0 Å². The summed E-state index contributed by atoms with van der Waals surface area (Å²) in [6, 6.07) is 15.7. The molecule has 33 heavy (non-hydrogen) atoms. The summed E-state index contributed by atoms with van der Waals surface area (Å²) in [6.45, 7) is 2.88. The SMILES string of the molecule is Cn1c(=O)n(C)c2cc(NC(=O)CN3C[C@H](OCc4ccccc4)[C@]4(CCCO4)C3)ccc21. The number of imidazole rings is 1. The van der Waals surface area contributed by atoms with Gasteiger partial charge in [-0.2, -0.15) is 0 Å². The molecule has 0 aliphatic carbocycles. The van der Waals surface area contributed by atoms with Crippen molar-refractivity contribution in [1.82, 2.24) is 14.0 Å². The molecule has 174 valence electrons. The number of fused-ring (bicyclic) bond motifs is 1. The number of likely N-dealkylation sites (tertiary alicyclic amines) is 1. The Morgan fingerprint density at radius 1 is 1.15 bits per heavy atom. The molecule has 0 radical (unpaired) electrons. The maximum atomic E-state index is 12.8. The van der Waals surface area contributed by atoms with Gasteiger partial charge < -0.3 is 14.8 Å². The minimum absolute atomic E-state index is 0.0665. The predicted molar refractivity (Wildman–Crippen MR) is 126 cm³/mol. The largest absolute Gasteiger partial charge is 0.371 e. The van der Waals surface area contributed by atoms with Crippen LogP contribution in [-0.4, -0.2) is 57.9 Å². The Labute approximate surface area is 192 Å². The molecule has 3 aromatic rings. The Morgan fingerprint density at radius 3 is 2.70 bits per heavy atom. The highest BCUT2D eigenvalue weighted by Crippen LogP contribution is 2.37. The summed E-state index contributed by atoms with van der Waals surface area (Å²) in [6.07, 6.45) is 1.90. The van der Waals surface area contributed by atoms with E-state index in [4.69, 9.17) is 9.47 Å². The van der Waals surface area contributed by atoms with Crippen molar-refractivity contribution in [1.29, 1.82) is 0 Å². The topological polar surface area (TPSA) is 77.7 Å². The van der Waals surface area contributed by atoms with E-state index in [9.17, 15) is 9.59 Å². The Hall–Kier alpha value is -2.94. The number of carbonyl (C=O) groups is 1. The zero-order valence-electron chi connectivity index (χ0n) is 19.1. The number of nitrogens with one attached hydrogen (secondary N) is 1. The zero-order valence-corrected chi connectivity index (χ0v) is 19.1. The van der Waals surface area contributed by atoms with Crippen molar-refractivity contribution in [3.8, 4) is 0 Å². The number of benzene rings is 2. The quantitative estimate of drug-likeness (QED) is 0.624. The number of amides is 1. The Bertz CT molecular complexity index is 1210. The predicted octanol–water partition coefficient (Wildman–Crippen LogP) is 2.27. The van der Waals surface area contributed by atoms with Crippen molar-refractivity contribution in [2.75, 3.05) is 31.6 Å². The standard InChI is InChI=1S/C25H30N4O4/c1-27-20-10-9-19(13-21(20)28(2)24(27)31)26-23(30)15-29-14-22(25(17-29)11-6-12-33-25)32-16-18-7-4-3-5-8-18/h3-5,7-10,13,22H,6,11-12,14-17H2,1-2H3,(H,26,30)/t22-,25-/m0/s1. The molecule has 8 heteroatoms. The second-order valence-corrected chi connectivity index (χ2v) is 9.12. The van der Waals surface area contributed by atoms with E-state index in [0.29, 0.717) is 25.4 Å². The second-order valence-electron chi connectivity index (χ2n) is 9.12. The third-order valence-electron chi connectivity index (χ3n) is 6.85. The number of hydrogen-bond donors (Lipinski definition) is 1. The number of nitrogens with zero attached hydrogens (tertiary/aromatic N) is 3. The molecule has 1 spiro atoms. The molecule has 1 amide bonds. The summed E-state index contributed by atoms with van der Waals surface area (Å²) in [4.78, 5) is 27.1. The summed E-state index contributed by atoms with van der Waals surface area (Å²) < 4.78 is 15.7. The summed E-state index contributed by atoms with van der Waals surface area (Å²) in [5.41, 5.74) is 3.00. The molecule has 2 fully saturated rings. The molecular formula is C25H30N4O4. The first-order valence-corrected chi connectivity index (χ1v) is 11.4. The molecule has 2 aromatic carbocycles. The molecule has 5 rings (SSSR count). The van der Waals surface area contributed by atoms with Crippen LogP contribution in [-0.2, 0) is 35.0 Å². The third-order valence-corrected chi connectivity index (χ3v) is 6.85. The minimum atomic E-state index is -0.337. The fraction of sp³-hybridized carbons (Fsp3) is 0.440. The number of aromatic nitrogens is 2. The lowest BCUT2D eigenvalue weighted by molar-refractivity contribution is -0.117. The molecule has 8 nitrogen and oxygen atoms in total. The van der Waals surface area contributed by atoms with Gasteiger partial charge in [0.05, 0.1) is 24.2 Å². The van der Waals surface area contributed by atoms with Gasteiger partial charge in [-0.1, -0.05) is 30.3 Å². The highest BCUT2D eigenvalue weighted by Gasteiger charge is 2.50. The molecular weight excluding hydrogens is 420 g/mol. The minimum Gasteiger partial charge on any atom is -0.371 e. The number of aryl methyl sites for hydroxylation is 2. The lowest BCUT2D eigenvalue weighted by atomic mass is 9.96. The maximum Gasteiger partial charge on any atom is 0.328 e. The Kier molecular flexibility index (Phi) is 5.82. The van der Waals surface area contributed by atoms with E-state index in [1.807, 2.05) is 36.4 Å². The van der Waals surface area contributed by atoms with Crippen LogP contribution in [0, 0.1) is 0 Å². The summed E-state index contributed by atoms with van der Waals surface area (Å²) in [7, 11) is 3.48.